The first-order valence-corrected chi connectivity index (χ1v) is 5.21. The van der Waals surface area contributed by atoms with Crippen LogP contribution >= 0.6 is 0 Å². The Hall–Kier alpha value is -1.39. The van der Waals surface area contributed by atoms with Crippen LogP contribution in [0.15, 0.2) is 30.3 Å². The Morgan fingerprint density at radius 2 is 1.81 bits per heavy atom. The quantitative estimate of drug-likeness (QED) is 0.691. The molecule has 0 amide bonds. The molecule has 0 radical (unpaired) electrons. The van der Waals surface area contributed by atoms with E-state index in [2.05, 4.69) is 0 Å². The van der Waals surface area contributed by atoms with Crippen molar-refractivity contribution in [2.24, 2.45) is 0 Å². The number of hydrogen-bond acceptors (Lipinski definition) is 4. The lowest BCUT2D eigenvalue weighted by molar-refractivity contribution is -0.153. The molecule has 0 fully saturated rings. The smallest absolute Gasteiger partial charge is 0.306 e. The Morgan fingerprint density at radius 1 is 1.19 bits per heavy atom. The minimum Gasteiger partial charge on any atom is -0.457 e. The summed E-state index contributed by atoms with van der Waals surface area (Å²) in [4.78, 5) is 11.3. The summed E-state index contributed by atoms with van der Waals surface area (Å²) in [7, 11) is 0. The monoisotopic (exact) mass is 224 g/mol. The van der Waals surface area contributed by atoms with Gasteiger partial charge in [0, 0.05) is 6.42 Å². The van der Waals surface area contributed by atoms with Gasteiger partial charge in [0.25, 0.3) is 0 Å². The van der Waals surface area contributed by atoms with E-state index in [-0.39, 0.29) is 19.6 Å². The van der Waals surface area contributed by atoms with E-state index in [1.807, 2.05) is 30.3 Å². The van der Waals surface area contributed by atoms with Crippen LogP contribution in [0.3, 0.4) is 0 Å². The molecule has 16 heavy (non-hydrogen) atoms. The van der Waals surface area contributed by atoms with Crippen LogP contribution in [-0.2, 0) is 16.0 Å². The first kappa shape index (κ1) is 12.7. The third-order valence-electron chi connectivity index (χ3n) is 2.17. The number of aryl methyl sites for hydroxylation is 1. The summed E-state index contributed by atoms with van der Waals surface area (Å²) in [6.07, 6.45) is 0.0484. The fraction of sp³-hybridized carbons (Fsp3) is 0.417. The van der Waals surface area contributed by atoms with E-state index in [0.29, 0.717) is 6.42 Å². The van der Waals surface area contributed by atoms with Crippen molar-refractivity contribution < 1.29 is 19.7 Å². The summed E-state index contributed by atoms with van der Waals surface area (Å²) in [5.74, 6) is -0.406. The molecule has 2 N–H and O–H groups in total. The van der Waals surface area contributed by atoms with Crippen molar-refractivity contribution in [1.29, 1.82) is 0 Å². The number of ether oxygens (including phenoxy) is 1. The lowest BCUT2D eigenvalue weighted by Crippen LogP contribution is -2.25. The molecule has 1 aromatic carbocycles. The van der Waals surface area contributed by atoms with Crippen LogP contribution in [0.2, 0.25) is 0 Å². The van der Waals surface area contributed by atoms with E-state index in [0.717, 1.165) is 5.56 Å². The number of aliphatic hydroxyl groups is 2. The zero-order valence-electron chi connectivity index (χ0n) is 9.00. The summed E-state index contributed by atoms with van der Waals surface area (Å²) in [6.45, 7) is -0.707. The van der Waals surface area contributed by atoms with Crippen molar-refractivity contribution in [2.75, 3.05) is 13.2 Å². The number of benzene rings is 1. The van der Waals surface area contributed by atoms with Gasteiger partial charge in [0.2, 0.25) is 0 Å². The molecule has 0 heterocycles. The molecule has 4 heteroatoms. The lowest BCUT2D eigenvalue weighted by atomic mass is 10.1. The van der Waals surface area contributed by atoms with Crippen LogP contribution in [0.25, 0.3) is 0 Å². The van der Waals surface area contributed by atoms with Gasteiger partial charge in [-0.2, -0.15) is 0 Å². The maximum atomic E-state index is 11.3. The van der Waals surface area contributed by atoms with Crippen molar-refractivity contribution in [1.82, 2.24) is 0 Å². The van der Waals surface area contributed by atoms with Gasteiger partial charge in [-0.15, -0.1) is 0 Å². The van der Waals surface area contributed by atoms with Gasteiger partial charge in [-0.3, -0.25) is 4.79 Å². The number of aliphatic hydroxyl groups excluding tert-OH is 2. The Kier molecular flexibility index (Phi) is 5.53. The average molecular weight is 224 g/mol. The van der Waals surface area contributed by atoms with Crippen molar-refractivity contribution in [3.63, 3.8) is 0 Å². The second-order valence-electron chi connectivity index (χ2n) is 3.46. The van der Waals surface area contributed by atoms with Crippen LogP contribution in [0, 0.1) is 0 Å². The first-order chi connectivity index (χ1) is 7.76. The lowest BCUT2D eigenvalue weighted by Gasteiger charge is -2.12. The van der Waals surface area contributed by atoms with Crippen LogP contribution in [0.4, 0.5) is 0 Å². The molecule has 88 valence electrons. The van der Waals surface area contributed by atoms with Crippen LogP contribution in [0.5, 0.6) is 0 Å². The molecule has 1 aromatic rings. The SMILES string of the molecule is O=C(CCc1ccccc1)OC(CO)CO. The number of hydrogen-bond donors (Lipinski definition) is 2. The van der Waals surface area contributed by atoms with Crippen molar-refractivity contribution in [3.05, 3.63) is 35.9 Å². The van der Waals surface area contributed by atoms with E-state index >= 15 is 0 Å². The minimum absolute atomic E-state index is 0.251. The summed E-state index contributed by atoms with van der Waals surface area (Å²) in [5.41, 5.74) is 1.06. The third-order valence-corrected chi connectivity index (χ3v) is 2.17. The maximum Gasteiger partial charge on any atom is 0.306 e. The van der Waals surface area contributed by atoms with Crippen LogP contribution < -0.4 is 0 Å². The fourth-order valence-electron chi connectivity index (χ4n) is 1.27. The summed E-state index contributed by atoms with van der Waals surface area (Å²) in [5, 5.41) is 17.4. The van der Waals surface area contributed by atoms with Gasteiger partial charge in [0.15, 0.2) is 0 Å². The summed E-state index contributed by atoms with van der Waals surface area (Å²) < 4.78 is 4.83. The highest BCUT2D eigenvalue weighted by molar-refractivity contribution is 5.69. The van der Waals surface area contributed by atoms with Gasteiger partial charge in [0.1, 0.15) is 6.10 Å². The summed E-state index contributed by atoms with van der Waals surface area (Å²) in [6, 6.07) is 9.59. The number of esters is 1. The number of carbonyl (C=O) groups is 1. The molecule has 0 saturated carbocycles. The highest BCUT2D eigenvalue weighted by atomic mass is 16.6. The molecule has 0 aromatic heterocycles. The molecule has 0 aliphatic heterocycles. The summed E-state index contributed by atoms with van der Waals surface area (Å²) >= 11 is 0. The first-order valence-electron chi connectivity index (χ1n) is 5.21. The fourth-order valence-corrected chi connectivity index (χ4v) is 1.27. The zero-order valence-corrected chi connectivity index (χ0v) is 9.00. The zero-order chi connectivity index (χ0) is 11.8. The maximum absolute atomic E-state index is 11.3. The Bertz CT molecular complexity index is 306. The Morgan fingerprint density at radius 3 is 2.38 bits per heavy atom. The van der Waals surface area contributed by atoms with Gasteiger partial charge in [0.05, 0.1) is 13.2 Å². The van der Waals surface area contributed by atoms with Gasteiger partial charge in [-0.25, -0.2) is 0 Å². The third kappa shape index (κ3) is 4.42. The van der Waals surface area contributed by atoms with E-state index in [9.17, 15) is 4.79 Å². The highest BCUT2D eigenvalue weighted by Crippen LogP contribution is 2.04. The second-order valence-corrected chi connectivity index (χ2v) is 3.46. The second kappa shape index (κ2) is 6.98. The average Bonchev–Trinajstić information content (AvgIpc) is 2.34. The Balaban J connectivity index is 2.30. The van der Waals surface area contributed by atoms with Crippen LogP contribution in [-0.4, -0.2) is 35.5 Å². The molecule has 0 saturated heterocycles. The topological polar surface area (TPSA) is 66.8 Å². The molecule has 4 nitrogen and oxygen atoms in total. The van der Waals surface area contributed by atoms with E-state index in [1.165, 1.54) is 0 Å². The molecule has 0 bridgehead atoms. The molecule has 0 unspecified atom stereocenters. The molecule has 1 rings (SSSR count). The predicted molar refractivity (Wildman–Crippen MR) is 58.8 cm³/mol. The molecular formula is C12H16O4. The van der Waals surface area contributed by atoms with Crippen molar-refractivity contribution >= 4 is 5.97 Å². The van der Waals surface area contributed by atoms with E-state index in [4.69, 9.17) is 14.9 Å². The molecule has 0 spiro atoms. The highest BCUT2D eigenvalue weighted by Gasteiger charge is 2.11. The standard InChI is InChI=1S/C12H16O4/c13-8-11(9-14)16-12(15)7-6-10-4-2-1-3-5-10/h1-5,11,13-14H,6-9H2. The van der Waals surface area contributed by atoms with Crippen LogP contribution in [0.1, 0.15) is 12.0 Å². The van der Waals surface area contributed by atoms with Crippen molar-refractivity contribution in [2.45, 2.75) is 18.9 Å². The van der Waals surface area contributed by atoms with E-state index < -0.39 is 12.1 Å². The number of rotatable bonds is 6. The van der Waals surface area contributed by atoms with Crippen molar-refractivity contribution in [3.8, 4) is 0 Å². The van der Waals surface area contributed by atoms with Gasteiger partial charge >= 0.3 is 5.97 Å². The molecule has 0 aliphatic rings. The minimum atomic E-state index is -0.803. The van der Waals surface area contributed by atoms with Gasteiger partial charge in [-0.05, 0) is 12.0 Å². The molecular weight excluding hydrogens is 208 g/mol. The largest absolute Gasteiger partial charge is 0.457 e. The van der Waals surface area contributed by atoms with Gasteiger partial charge < -0.3 is 14.9 Å². The molecule has 0 aliphatic carbocycles. The molecule has 0 atom stereocenters. The number of carbonyl (C=O) groups excluding carboxylic acids is 1. The predicted octanol–water partition coefficient (Wildman–Crippen LogP) is 0.516. The van der Waals surface area contributed by atoms with Gasteiger partial charge in [-0.1, -0.05) is 30.3 Å². The van der Waals surface area contributed by atoms with E-state index in [1.54, 1.807) is 0 Å². The Labute approximate surface area is 94.5 Å². The normalized spacial score (nSPS) is 10.4.